The first-order valence-corrected chi connectivity index (χ1v) is 4.90. The number of nitrogens with one attached hydrogen (secondary N) is 1. The van der Waals surface area contributed by atoms with Gasteiger partial charge in [-0.1, -0.05) is 5.10 Å². The van der Waals surface area contributed by atoms with Crippen molar-refractivity contribution in [2.45, 2.75) is 13.8 Å². The molecule has 0 bridgehead atoms. The van der Waals surface area contributed by atoms with Gasteiger partial charge in [0.15, 0.2) is 0 Å². The van der Waals surface area contributed by atoms with E-state index in [1.165, 1.54) is 10.7 Å². The highest BCUT2D eigenvalue weighted by atomic mass is 16.4. The molecule has 0 aliphatic heterocycles. The fourth-order valence-electron chi connectivity index (χ4n) is 1.81. The van der Waals surface area contributed by atoms with Gasteiger partial charge in [0.1, 0.15) is 0 Å². The summed E-state index contributed by atoms with van der Waals surface area (Å²) in [6, 6.07) is 1.43. The Hall–Kier alpha value is -2.51. The van der Waals surface area contributed by atoms with Gasteiger partial charge >= 0.3 is 5.63 Å². The normalized spacial score (nSPS) is 11.2. The van der Waals surface area contributed by atoms with Crippen LogP contribution in [-0.2, 0) is 0 Å². The molecule has 0 unspecified atom stereocenters. The standard InChI is InChI=1S/C9H8N6O2/c1-4-3-6(16)17-8-7(4)5(2)12-15(8)9-10-13-14-11-9/h3H,1-2H3,(H,10,11,13,14). The molecule has 0 aliphatic rings. The maximum atomic E-state index is 11.4. The molecule has 0 fully saturated rings. The molecule has 0 saturated carbocycles. The summed E-state index contributed by atoms with van der Waals surface area (Å²) in [5, 5.41) is 18.4. The molecule has 8 nitrogen and oxygen atoms in total. The molecule has 3 aromatic rings. The highest BCUT2D eigenvalue weighted by Crippen LogP contribution is 2.21. The van der Waals surface area contributed by atoms with Crippen LogP contribution in [0.2, 0.25) is 0 Å². The second kappa shape index (κ2) is 3.24. The van der Waals surface area contributed by atoms with E-state index in [4.69, 9.17) is 4.42 Å². The Morgan fingerprint density at radius 1 is 1.41 bits per heavy atom. The van der Waals surface area contributed by atoms with E-state index in [-0.39, 0.29) is 5.95 Å². The number of hydrogen-bond acceptors (Lipinski definition) is 6. The first-order valence-electron chi connectivity index (χ1n) is 4.90. The molecular weight excluding hydrogens is 224 g/mol. The Bertz CT molecular complexity index is 739. The van der Waals surface area contributed by atoms with Gasteiger partial charge in [-0.15, -0.1) is 5.10 Å². The third kappa shape index (κ3) is 1.34. The predicted molar refractivity (Wildman–Crippen MR) is 56.8 cm³/mol. The fourth-order valence-corrected chi connectivity index (χ4v) is 1.81. The molecule has 3 rings (SSSR count). The quantitative estimate of drug-likeness (QED) is 0.638. The third-order valence-electron chi connectivity index (χ3n) is 2.47. The van der Waals surface area contributed by atoms with Gasteiger partial charge in [0, 0.05) is 6.07 Å². The number of aryl methyl sites for hydroxylation is 2. The molecule has 0 saturated heterocycles. The van der Waals surface area contributed by atoms with Crippen molar-refractivity contribution in [3.63, 3.8) is 0 Å². The summed E-state index contributed by atoms with van der Waals surface area (Å²) in [5.74, 6) is 0.233. The lowest BCUT2D eigenvalue weighted by Gasteiger charge is -1.95. The van der Waals surface area contributed by atoms with E-state index in [0.29, 0.717) is 5.71 Å². The number of hydrogen-bond donors (Lipinski definition) is 1. The molecule has 86 valence electrons. The lowest BCUT2D eigenvalue weighted by atomic mass is 10.2. The number of aromatic nitrogens is 6. The summed E-state index contributed by atoms with van der Waals surface area (Å²) >= 11 is 0. The molecule has 0 spiro atoms. The lowest BCUT2D eigenvalue weighted by Crippen LogP contribution is -2.03. The summed E-state index contributed by atoms with van der Waals surface area (Å²) in [4.78, 5) is 11.4. The second-order valence-corrected chi connectivity index (χ2v) is 3.64. The number of fused-ring (bicyclic) bond motifs is 1. The smallest absolute Gasteiger partial charge is 0.337 e. The van der Waals surface area contributed by atoms with Crippen molar-refractivity contribution in [3.05, 3.63) is 27.7 Å². The van der Waals surface area contributed by atoms with E-state index in [1.54, 1.807) is 0 Å². The van der Waals surface area contributed by atoms with Gasteiger partial charge < -0.3 is 4.42 Å². The number of H-pyrrole nitrogens is 1. The van der Waals surface area contributed by atoms with E-state index in [0.717, 1.165) is 16.6 Å². The number of nitrogens with zero attached hydrogens (tertiary/aromatic N) is 5. The first-order chi connectivity index (χ1) is 8.16. The molecule has 3 aromatic heterocycles. The van der Waals surface area contributed by atoms with Gasteiger partial charge in [-0.3, -0.25) is 0 Å². The maximum absolute atomic E-state index is 11.4. The van der Waals surface area contributed by atoms with Crippen molar-refractivity contribution in [1.29, 1.82) is 0 Å². The van der Waals surface area contributed by atoms with Crippen molar-refractivity contribution < 1.29 is 4.42 Å². The highest BCUT2D eigenvalue weighted by molar-refractivity contribution is 5.80. The van der Waals surface area contributed by atoms with Crippen molar-refractivity contribution in [2.75, 3.05) is 0 Å². The summed E-state index contributed by atoms with van der Waals surface area (Å²) in [6.07, 6.45) is 0. The molecule has 0 aliphatic carbocycles. The second-order valence-electron chi connectivity index (χ2n) is 3.64. The average molecular weight is 232 g/mol. The van der Waals surface area contributed by atoms with Crippen LogP contribution < -0.4 is 5.63 Å². The molecule has 0 amide bonds. The van der Waals surface area contributed by atoms with Crippen LogP contribution in [0.15, 0.2) is 15.3 Å². The van der Waals surface area contributed by atoms with Gasteiger partial charge in [-0.05, 0) is 24.6 Å². The Labute approximate surface area is 94.2 Å². The van der Waals surface area contributed by atoms with Crippen LogP contribution in [0.5, 0.6) is 0 Å². The van der Waals surface area contributed by atoms with Gasteiger partial charge in [0.2, 0.25) is 5.71 Å². The van der Waals surface area contributed by atoms with Crippen molar-refractivity contribution >= 4 is 11.1 Å². The molecular formula is C9H8N6O2. The van der Waals surface area contributed by atoms with Gasteiger partial charge in [0.05, 0.1) is 11.1 Å². The van der Waals surface area contributed by atoms with E-state index in [1.807, 2.05) is 13.8 Å². The zero-order chi connectivity index (χ0) is 12.0. The Morgan fingerprint density at radius 2 is 2.24 bits per heavy atom. The van der Waals surface area contributed by atoms with Crippen LogP contribution in [0.1, 0.15) is 11.3 Å². The van der Waals surface area contributed by atoms with E-state index in [2.05, 4.69) is 25.7 Å². The topological polar surface area (TPSA) is 102 Å². The minimum Gasteiger partial charge on any atom is -0.403 e. The molecule has 8 heteroatoms. The largest absolute Gasteiger partial charge is 0.403 e. The monoisotopic (exact) mass is 232 g/mol. The number of rotatable bonds is 1. The van der Waals surface area contributed by atoms with Gasteiger partial charge in [0.25, 0.3) is 5.95 Å². The van der Waals surface area contributed by atoms with Crippen molar-refractivity contribution in [1.82, 2.24) is 30.4 Å². The molecule has 17 heavy (non-hydrogen) atoms. The molecule has 0 aromatic carbocycles. The average Bonchev–Trinajstić information content (AvgIpc) is 2.85. The van der Waals surface area contributed by atoms with E-state index < -0.39 is 5.63 Å². The van der Waals surface area contributed by atoms with Crippen molar-refractivity contribution in [3.8, 4) is 5.95 Å². The maximum Gasteiger partial charge on any atom is 0.337 e. The van der Waals surface area contributed by atoms with Crippen molar-refractivity contribution in [2.24, 2.45) is 0 Å². The van der Waals surface area contributed by atoms with Gasteiger partial charge in [-0.25, -0.2) is 4.79 Å². The minimum absolute atomic E-state index is 0.233. The molecule has 0 atom stereocenters. The van der Waals surface area contributed by atoms with Crippen LogP contribution in [-0.4, -0.2) is 30.4 Å². The summed E-state index contributed by atoms with van der Waals surface area (Å²) < 4.78 is 6.49. The van der Waals surface area contributed by atoms with Crippen LogP contribution >= 0.6 is 0 Å². The Morgan fingerprint density at radius 3 is 2.94 bits per heavy atom. The summed E-state index contributed by atoms with van der Waals surface area (Å²) in [6.45, 7) is 3.65. The molecule has 1 N–H and O–H groups in total. The Kier molecular flexibility index (Phi) is 1.85. The lowest BCUT2D eigenvalue weighted by molar-refractivity contribution is 0.531. The van der Waals surface area contributed by atoms with Crippen LogP contribution in [0.4, 0.5) is 0 Å². The zero-order valence-electron chi connectivity index (χ0n) is 9.13. The van der Waals surface area contributed by atoms with Crippen LogP contribution in [0.25, 0.3) is 17.0 Å². The number of tetrazole rings is 1. The highest BCUT2D eigenvalue weighted by Gasteiger charge is 2.16. The van der Waals surface area contributed by atoms with Gasteiger partial charge in [-0.2, -0.15) is 15.0 Å². The molecule has 3 heterocycles. The minimum atomic E-state index is -0.431. The number of aromatic amines is 1. The summed E-state index contributed by atoms with van der Waals surface area (Å²) in [7, 11) is 0. The SMILES string of the molecule is Cc1cc(=O)oc2c1c(C)nn2-c1nn[nH]n1. The summed E-state index contributed by atoms with van der Waals surface area (Å²) in [5.41, 5.74) is 1.45. The Balaban J connectivity index is 2.46. The third-order valence-corrected chi connectivity index (χ3v) is 2.47. The predicted octanol–water partition coefficient (Wildman–Crippen LogP) is 0.109. The fraction of sp³-hybridized carbons (Fsp3) is 0.222. The van der Waals surface area contributed by atoms with Crippen LogP contribution in [0.3, 0.4) is 0 Å². The molecule has 0 radical (unpaired) electrons. The van der Waals surface area contributed by atoms with E-state index >= 15 is 0 Å². The van der Waals surface area contributed by atoms with E-state index in [9.17, 15) is 4.79 Å². The van der Waals surface area contributed by atoms with Crippen LogP contribution in [0, 0.1) is 13.8 Å². The zero-order valence-corrected chi connectivity index (χ0v) is 9.13. The first kappa shape index (κ1) is 9.70.